The third-order valence-electron chi connectivity index (χ3n) is 2.42. The van der Waals surface area contributed by atoms with Crippen LogP contribution >= 0.6 is 0 Å². The average Bonchev–Trinajstić information content (AvgIpc) is 2.01. The molecule has 14 heavy (non-hydrogen) atoms. The second-order valence-electron chi connectivity index (χ2n) is 4.45. The van der Waals surface area contributed by atoms with Gasteiger partial charge in [0.25, 0.3) is 0 Å². The minimum absolute atomic E-state index is 0.0141. The fourth-order valence-corrected chi connectivity index (χ4v) is 1.51. The van der Waals surface area contributed by atoms with E-state index in [0.717, 1.165) is 17.5 Å². The summed E-state index contributed by atoms with van der Waals surface area (Å²) in [6.07, 6.45) is 0.835. The molecule has 1 nitrogen and oxygen atoms in total. The van der Waals surface area contributed by atoms with Gasteiger partial charge in [-0.3, -0.25) is 0 Å². The van der Waals surface area contributed by atoms with E-state index < -0.39 is 0 Å². The van der Waals surface area contributed by atoms with Gasteiger partial charge in [0.05, 0.1) is 0 Å². The van der Waals surface area contributed by atoms with Crippen LogP contribution in [-0.4, -0.2) is 12.6 Å². The molecule has 0 saturated carbocycles. The van der Waals surface area contributed by atoms with Crippen LogP contribution in [0, 0.1) is 12.7 Å². The monoisotopic (exact) mass is 195 g/mol. The molecule has 1 aromatic carbocycles. The third-order valence-corrected chi connectivity index (χ3v) is 2.42. The fraction of sp³-hybridized carbons (Fsp3) is 0.500. The fourth-order valence-electron chi connectivity index (χ4n) is 1.51. The second kappa shape index (κ2) is 4.09. The maximum absolute atomic E-state index is 13.1. The van der Waals surface area contributed by atoms with E-state index in [1.165, 1.54) is 0 Å². The van der Waals surface area contributed by atoms with Crippen LogP contribution in [0.2, 0.25) is 0 Å². The van der Waals surface area contributed by atoms with Crippen molar-refractivity contribution >= 4 is 0 Å². The minimum atomic E-state index is -0.146. The highest BCUT2D eigenvalue weighted by atomic mass is 19.1. The number of halogens is 1. The molecule has 0 unspecified atom stereocenters. The summed E-state index contributed by atoms with van der Waals surface area (Å²) in [5, 5.41) is 3.21. The standard InChI is InChI=1S/C12H18FN/c1-9-5-10(7-11(13)6-9)8-12(2,3)14-4/h5-7,14H,8H2,1-4H3. The quantitative estimate of drug-likeness (QED) is 0.782. The van der Waals surface area contributed by atoms with Gasteiger partial charge in [0.1, 0.15) is 5.82 Å². The van der Waals surface area contributed by atoms with E-state index in [4.69, 9.17) is 0 Å². The Balaban J connectivity index is 2.87. The zero-order valence-corrected chi connectivity index (χ0v) is 9.32. The summed E-state index contributed by atoms with van der Waals surface area (Å²) < 4.78 is 13.1. The molecule has 78 valence electrons. The van der Waals surface area contributed by atoms with Crippen LogP contribution in [0.4, 0.5) is 4.39 Å². The number of aryl methyl sites for hydroxylation is 1. The maximum Gasteiger partial charge on any atom is 0.123 e. The third kappa shape index (κ3) is 3.11. The maximum atomic E-state index is 13.1. The van der Waals surface area contributed by atoms with Crippen LogP contribution in [0.15, 0.2) is 18.2 Å². The number of likely N-dealkylation sites (N-methyl/N-ethyl adjacent to an activating group) is 1. The Morgan fingerprint density at radius 2 is 1.93 bits per heavy atom. The SMILES string of the molecule is CNC(C)(C)Cc1cc(C)cc(F)c1. The molecule has 0 aliphatic heterocycles. The first-order chi connectivity index (χ1) is 6.43. The van der Waals surface area contributed by atoms with E-state index in [9.17, 15) is 4.39 Å². The van der Waals surface area contributed by atoms with Crippen molar-refractivity contribution in [3.8, 4) is 0 Å². The van der Waals surface area contributed by atoms with E-state index in [0.29, 0.717) is 0 Å². The summed E-state index contributed by atoms with van der Waals surface area (Å²) >= 11 is 0. The second-order valence-corrected chi connectivity index (χ2v) is 4.45. The molecule has 0 saturated heterocycles. The van der Waals surface area contributed by atoms with E-state index in [-0.39, 0.29) is 11.4 Å². The molecule has 1 rings (SSSR count). The van der Waals surface area contributed by atoms with Gasteiger partial charge in [0.15, 0.2) is 0 Å². The molecular formula is C12H18FN. The van der Waals surface area contributed by atoms with Gasteiger partial charge in [0.2, 0.25) is 0 Å². The Morgan fingerprint density at radius 3 is 2.43 bits per heavy atom. The molecule has 0 radical (unpaired) electrons. The number of hydrogen-bond donors (Lipinski definition) is 1. The zero-order chi connectivity index (χ0) is 10.8. The highest BCUT2D eigenvalue weighted by Gasteiger charge is 2.15. The molecular weight excluding hydrogens is 177 g/mol. The van der Waals surface area contributed by atoms with Crippen LogP contribution in [0.1, 0.15) is 25.0 Å². The van der Waals surface area contributed by atoms with Crippen LogP contribution in [0.5, 0.6) is 0 Å². The molecule has 1 N–H and O–H groups in total. The predicted octanol–water partition coefficient (Wildman–Crippen LogP) is 2.67. The van der Waals surface area contributed by atoms with Gasteiger partial charge >= 0.3 is 0 Å². The van der Waals surface area contributed by atoms with Crippen LogP contribution in [-0.2, 0) is 6.42 Å². The van der Waals surface area contributed by atoms with Crippen molar-refractivity contribution in [2.75, 3.05) is 7.05 Å². The van der Waals surface area contributed by atoms with Crippen molar-refractivity contribution < 1.29 is 4.39 Å². The molecule has 0 aromatic heterocycles. The number of rotatable bonds is 3. The molecule has 0 bridgehead atoms. The summed E-state index contributed by atoms with van der Waals surface area (Å²) in [4.78, 5) is 0. The number of benzene rings is 1. The normalized spacial score (nSPS) is 11.8. The van der Waals surface area contributed by atoms with Crippen molar-refractivity contribution in [2.45, 2.75) is 32.7 Å². The van der Waals surface area contributed by atoms with E-state index in [1.807, 2.05) is 20.0 Å². The first kappa shape index (κ1) is 11.2. The Kier molecular flexibility index (Phi) is 3.27. The van der Waals surface area contributed by atoms with Crippen molar-refractivity contribution in [3.63, 3.8) is 0 Å². The summed E-state index contributed by atoms with van der Waals surface area (Å²) in [7, 11) is 1.92. The highest BCUT2D eigenvalue weighted by Crippen LogP contribution is 2.15. The molecule has 0 spiro atoms. The van der Waals surface area contributed by atoms with E-state index >= 15 is 0 Å². The lowest BCUT2D eigenvalue weighted by Gasteiger charge is -2.24. The molecule has 0 aliphatic carbocycles. The van der Waals surface area contributed by atoms with Gasteiger partial charge in [-0.15, -0.1) is 0 Å². The Morgan fingerprint density at radius 1 is 1.29 bits per heavy atom. The highest BCUT2D eigenvalue weighted by molar-refractivity contribution is 5.25. The first-order valence-electron chi connectivity index (χ1n) is 4.88. The van der Waals surface area contributed by atoms with Gasteiger partial charge in [-0.1, -0.05) is 6.07 Å². The van der Waals surface area contributed by atoms with Crippen molar-refractivity contribution in [1.82, 2.24) is 5.32 Å². The van der Waals surface area contributed by atoms with Crippen LogP contribution in [0.3, 0.4) is 0 Å². The summed E-state index contributed by atoms with van der Waals surface area (Å²) in [5.41, 5.74) is 2.04. The lowest BCUT2D eigenvalue weighted by atomic mass is 9.94. The van der Waals surface area contributed by atoms with Crippen LogP contribution in [0.25, 0.3) is 0 Å². The molecule has 0 amide bonds. The van der Waals surface area contributed by atoms with Gasteiger partial charge in [0, 0.05) is 5.54 Å². The van der Waals surface area contributed by atoms with Gasteiger partial charge in [-0.05, 0) is 57.5 Å². The summed E-state index contributed by atoms with van der Waals surface area (Å²) in [5.74, 6) is -0.146. The van der Waals surface area contributed by atoms with Crippen LogP contribution < -0.4 is 5.32 Å². The molecule has 0 atom stereocenters. The lowest BCUT2D eigenvalue weighted by Crippen LogP contribution is -2.38. The van der Waals surface area contributed by atoms with E-state index in [1.54, 1.807) is 12.1 Å². The molecule has 0 aliphatic rings. The topological polar surface area (TPSA) is 12.0 Å². The Hall–Kier alpha value is -0.890. The average molecular weight is 195 g/mol. The van der Waals surface area contributed by atoms with Crippen molar-refractivity contribution in [3.05, 3.63) is 35.1 Å². The van der Waals surface area contributed by atoms with Crippen molar-refractivity contribution in [2.24, 2.45) is 0 Å². The van der Waals surface area contributed by atoms with Crippen molar-refractivity contribution in [1.29, 1.82) is 0 Å². The molecule has 0 fully saturated rings. The number of nitrogens with one attached hydrogen (secondary N) is 1. The number of hydrogen-bond acceptors (Lipinski definition) is 1. The first-order valence-corrected chi connectivity index (χ1v) is 4.88. The summed E-state index contributed by atoms with van der Waals surface area (Å²) in [6.45, 7) is 6.12. The van der Waals surface area contributed by atoms with Gasteiger partial charge in [-0.2, -0.15) is 0 Å². The predicted molar refractivity (Wildman–Crippen MR) is 58.0 cm³/mol. The largest absolute Gasteiger partial charge is 0.314 e. The Bertz CT molecular complexity index is 298. The molecule has 2 heteroatoms. The zero-order valence-electron chi connectivity index (χ0n) is 9.32. The van der Waals surface area contributed by atoms with E-state index in [2.05, 4.69) is 19.2 Å². The lowest BCUT2D eigenvalue weighted by molar-refractivity contribution is 0.421. The van der Waals surface area contributed by atoms with Gasteiger partial charge < -0.3 is 5.32 Å². The smallest absolute Gasteiger partial charge is 0.123 e. The molecule has 1 aromatic rings. The minimum Gasteiger partial charge on any atom is -0.314 e. The Labute approximate surface area is 85.3 Å². The van der Waals surface area contributed by atoms with Gasteiger partial charge in [-0.25, -0.2) is 4.39 Å². The molecule has 0 heterocycles. The summed E-state index contributed by atoms with van der Waals surface area (Å²) in [6, 6.07) is 5.18.